The van der Waals surface area contributed by atoms with Gasteiger partial charge in [-0.15, -0.1) is 0 Å². The van der Waals surface area contributed by atoms with Crippen LogP contribution >= 0.6 is 0 Å². The van der Waals surface area contributed by atoms with Gasteiger partial charge >= 0.3 is 5.97 Å². The number of benzene rings is 2. The van der Waals surface area contributed by atoms with Crippen molar-refractivity contribution in [3.63, 3.8) is 0 Å². The molecule has 0 amide bonds. The van der Waals surface area contributed by atoms with Gasteiger partial charge in [-0.3, -0.25) is 4.79 Å². The Labute approximate surface area is 188 Å². The molecular formula is C24H29F2NO4S. The van der Waals surface area contributed by atoms with Crippen molar-refractivity contribution in [3.05, 3.63) is 71.3 Å². The molecule has 0 spiro atoms. The van der Waals surface area contributed by atoms with Crippen LogP contribution < -0.4 is 0 Å². The van der Waals surface area contributed by atoms with Gasteiger partial charge in [-0.05, 0) is 68.0 Å². The van der Waals surface area contributed by atoms with E-state index in [4.69, 9.17) is 4.74 Å². The van der Waals surface area contributed by atoms with Crippen LogP contribution in [0.15, 0.2) is 48.5 Å². The van der Waals surface area contributed by atoms with Crippen LogP contribution in [0.25, 0.3) is 0 Å². The Balaban J connectivity index is 1.52. The zero-order valence-corrected chi connectivity index (χ0v) is 19.0. The molecule has 0 bridgehead atoms. The summed E-state index contributed by atoms with van der Waals surface area (Å²) in [6.07, 6.45) is 2.17. The van der Waals surface area contributed by atoms with E-state index in [0.29, 0.717) is 38.8 Å². The van der Waals surface area contributed by atoms with Gasteiger partial charge in [0.15, 0.2) is 0 Å². The molecule has 174 valence electrons. The van der Waals surface area contributed by atoms with E-state index in [0.717, 1.165) is 11.1 Å². The Hall–Kier alpha value is -2.32. The minimum Gasteiger partial charge on any atom is -0.465 e. The fourth-order valence-corrected chi connectivity index (χ4v) is 5.18. The molecule has 0 N–H and O–H groups in total. The van der Waals surface area contributed by atoms with Crippen LogP contribution in [0.2, 0.25) is 0 Å². The van der Waals surface area contributed by atoms with Gasteiger partial charge in [0.25, 0.3) is 0 Å². The summed E-state index contributed by atoms with van der Waals surface area (Å²) in [5.41, 5.74) is 1.82. The summed E-state index contributed by atoms with van der Waals surface area (Å²) >= 11 is 0. The van der Waals surface area contributed by atoms with Crippen molar-refractivity contribution in [3.8, 4) is 0 Å². The molecule has 2 aromatic carbocycles. The van der Waals surface area contributed by atoms with Gasteiger partial charge in [-0.25, -0.2) is 21.5 Å². The summed E-state index contributed by atoms with van der Waals surface area (Å²) in [6, 6.07) is 12.5. The van der Waals surface area contributed by atoms with E-state index in [9.17, 15) is 22.0 Å². The predicted octanol–water partition coefficient (Wildman–Crippen LogP) is 4.48. The quantitative estimate of drug-likeness (QED) is 0.405. The highest BCUT2D eigenvalue weighted by atomic mass is 32.2. The molecule has 32 heavy (non-hydrogen) atoms. The van der Waals surface area contributed by atoms with Gasteiger partial charge in [0, 0.05) is 19.0 Å². The summed E-state index contributed by atoms with van der Waals surface area (Å²) in [7, 11) is -3.22. The number of sulfonamides is 1. The van der Waals surface area contributed by atoms with Gasteiger partial charge in [0.2, 0.25) is 10.0 Å². The van der Waals surface area contributed by atoms with Crippen LogP contribution in [0.5, 0.6) is 0 Å². The van der Waals surface area contributed by atoms with Crippen molar-refractivity contribution in [2.24, 2.45) is 5.92 Å². The predicted molar refractivity (Wildman–Crippen MR) is 119 cm³/mol. The molecule has 2 aromatic rings. The van der Waals surface area contributed by atoms with E-state index in [1.807, 2.05) is 0 Å². The standard InChI is InChI=1S/C24H29F2NO4S/c1-2-32(29,30)27-15-13-20(14-16-27)24(28)31-17-3-4-23(18-5-9-21(25)10-6-18)19-7-11-22(26)12-8-19/h5-12,20,23H,2-4,13-17H2,1H3. The van der Waals surface area contributed by atoms with Gasteiger partial charge in [-0.2, -0.15) is 0 Å². The number of halogens is 2. The molecule has 0 aliphatic carbocycles. The Bertz CT molecular complexity index is 940. The largest absolute Gasteiger partial charge is 0.465 e. The van der Waals surface area contributed by atoms with E-state index in [-0.39, 0.29) is 41.8 Å². The maximum atomic E-state index is 13.3. The Morgan fingerprint density at radius 2 is 1.50 bits per heavy atom. The SMILES string of the molecule is CCS(=O)(=O)N1CCC(C(=O)OCCCC(c2ccc(F)cc2)c2ccc(F)cc2)CC1. The second-order valence-electron chi connectivity index (χ2n) is 8.04. The fourth-order valence-electron chi connectivity index (χ4n) is 4.05. The molecule has 0 atom stereocenters. The minimum atomic E-state index is -3.22. The average Bonchev–Trinajstić information content (AvgIpc) is 2.80. The molecular weight excluding hydrogens is 436 g/mol. The highest BCUT2D eigenvalue weighted by Crippen LogP contribution is 2.30. The van der Waals surface area contributed by atoms with Crippen LogP contribution in [-0.4, -0.2) is 44.1 Å². The molecule has 1 aliphatic heterocycles. The normalized spacial score (nSPS) is 15.8. The van der Waals surface area contributed by atoms with Gasteiger partial charge in [0.1, 0.15) is 11.6 Å². The molecule has 1 aliphatic rings. The van der Waals surface area contributed by atoms with Crippen LogP contribution in [0.1, 0.15) is 49.7 Å². The number of carbonyl (C=O) groups is 1. The lowest BCUT2D eigenvalue weighted by Gasteiger charge is -2.29. The lowest BCUT2D eigenvalue weighted by molar-refractivity contribution is -0.150. The van der Waals surface area contributed by atoms with Crippen LogP contribution in [-0.2, 0) is 19.6 Å². The van der Waals surface area contributed by atoms with E-state index >= 15 is 0 Å². The van der Waals surface area contributed by atoms with Crippen LogP contribution in [0.4, 0.5) is 8.78 Å². The zero-order chi connectivity index (χ0) is 23.1. The lowest BCUT2D eigenvalue weighted by atomic mass is 9.87. The molecule has 0 radical (unpaired) electrons. The Morgan fingerprint density at radius 3 is 1.97 bits per heavy atom. The van der Waals surface area contributed by atoms with Crippen molar-refractivity contribution < 1.29 is 26.7 Å². The van der Waals surface area contributed by atoms with Crippen molar-refractivity contribution >= 4 is 16.0 Å². The van der Waals surface area contributed by atoms with E-state index < -0.39 is 10.0 Å². The van der Waals surface area contributed by atoms with Gasteiger partial charge in [0.05, 0.1) is 18.3 Å². The molecule has 1 heterocycles. The first-order chi connectivity index (χ1) is 15.3. The van der Waals surface area contributed by atoms with Crippen LogP contribution in [0.3, 0.4) is 0 Å². The maximum absolute atomic E-state index is 13.3. The molecule has 3 rings (SSSR count). The monoisotopic (exact) mass is 465 g/mol. The van der Waals surface area contributed by atoms with E-state index in [1.54, 1.807) is 31.2 Å². The first-order valence-electron chi connectivity index (χ1n) is 11.0. The number of rotatable bonds is 9. The molecule has 0 unspecified atom stereocenters. The molecule has 0 aromatic heterocycles. The molecule has 8 heteroatoms. The van der Waals surface area contributed by atoms with E-state index in [1.165, 1.54) is 28.6 Å². The second-order valence-corrected chi connectivity index (χ2v) is 10.3. The third-order valence-corrected chi connectivity index (χ3v) is 7.85. The number of hydrogen-bond acceptors (Lipinski definition) is 4. The number of ether oxygens (including phenoxy) is 1. The molecule has 1 fully saturated rings. The molecule has 5 nitrogen and oxygen atoms in total. The van der Waals surface area contributed by atoms with Crippen molar-refractivity contribution in [2.45, 2.75) is 38.5 Å². The van der Waals surface area contributed by atoms with Crippen molar-refractivity contribution in [1.29, 1.82) is 0 Å². The zero-order valence-electron chi connectivity index (χ0n) is 18.2. The highest BCUT2D eigenvalue weighted by Gasteiger charge is 2.31. The van der Waals surface area contributed by atoms with Gasteiger partial charge in [-0.1, -0.05) is 24.3 Å². The topological polar surface area (TPSA) is 63.7 Å². The third-order valence-electron chi connectivity index (χ3n) is 5.97. The number of carbonyl (C=O) groups excluding carboxylic acids is 1. The fraction of sp³-hybridized carbons (Fsp3) is 0.458. The summed E-state index contributed by atoms with van der Waals surface area (Å²) < 4.78 is 57.5. The second kappa shape index (κ2) is 11.0. The number of piperidine rings is 1. The third kappa shape index (κ3) is 6.36. The van der Waals surface area contributed by atoms with Crippen molar-refractivity contribution in [1.82, 2.24) is 4.31 Å². The van der Waals surface area contributed by atoms with Gasteiger partial charge < -0.3 is 4.74 Å². The van der Waals surface area contributed by atoms with Crippen molar-refractivity contribution in [2.75, 3.05) is 25.4 Å². The number of hydrogen-bond donors (Lipinski definition) is 0. The minimum absolute atomic E-state index is 0.0609. The number of esters is 1. The summed E-state index contributed by atoms with van der Waals surface area (Å²) in [5, 5.41) is 0. The molecule has 1 saturated heterocycles. The first-order valence-corrected chi connectivity index (χ1v) is 12.6. The summed E-state index contributed by atoms with van der Waals surface area (Å²) in [6.45, 7) is 2.53. The Morgan fingerprint density at radius 1 is 1.00 bits per heavy atom. The Kier molecular flexibility index (Phi) is 8.37. The number of nitrogens with zero attached hydrogens (tertiary/aromatic N) is 1. The highest BCUT2D eigenvalue weighted by molar-refractivity contribution is 7.89. The smallest absolute Gasteiger partial charge is 0.309 e. The average molecular weight is 466 g/mol. The van der Waals surface area contributed by atoms with E-state index in [2.05, 4.69) is 0 Å². The van der Waals surface area contributed by atoms with Crippen LogP contribution in [0, 0.1) is 17.6 Å². The summed E-state index contributed by atoms with van der Waals surface area (Å²) in [4.78, 5) is 12.4. The maximum Gasteiger partial charge on any atom is 0.309 e. The first kappa shape index (κ1) is 24.3. The lowest BCUT2D eigenvalue weighted by Crippen LogP contribution is -2.41. The summed E-state index contributed by atoms with van der Waals surface area (Å²) in [5.74, 6) is -1.23. The molecule has 0 saturated carbocycles.